The summed E-state index contributed by atoms with van der Waals surface area (Å²) in [5.74, 6) is -4.27. The van der Waals surface area contributed by atoms with Crippen LogP contribution in [0.1, 0.15) is 32.6 Å². The highest BCUT2D eigenvalue weighted by atomic mass is 32.2. The van der Waals surface area contributed by atoms with E-state index in [9.17, 15) is 27.9 Å². The number of pyridine rings is 2. The van der Waals surface area contributed by atoms with Crippen LogP contribution in [-0.2, 0) is 28.4 Å². The number of carboxylic acid groups (broad SMARTS) is 1. The molecule has 44 heavy (non-hydrogen) atoms. The van der Waals surface area contributed by atoms with Crippen LogP contribution in [0.5, 0.6) is 0 Å². The van der Waals surface area contributed by atoms with Crippen LogP contribution < -0.4 is 26.5 Å². The van der Waals surface area contributed by atoms with Gasteiger partial charge in [0.2, 0.25) is 15.5 Å². The first kappa shape index (κ1) is 32.0. The van der Waals surface area contributed by atoms with Gasteiger partial charge < -0.3 is 26.0 Å². The van der Waals surface area contributed by atoms with Crippen molar-refractivity contribution in [3.63, 3.8) is 0 Å². The molecule has 0 aliphatic rings. The molecular formula is C29H30F2N6O6S. The van der Waals surface area contributed by atoms with Gasteiger partial charge in [-0.2, -0.15) is 4.72 Å². The number of hydrogen-bond acceptors (Lipinski definition) is 8. The molecule has 1 unspecified atom stereocenters. The van der Waals surface area contributed by atoms with Crippen molar-refractivity contribution in [2.24, 2.45) is 7.05 Å². The number of fused-ring (bicyclic) bond motifs is 1. The highest BCUT2D eigenvalue weighted by Gasteiger charge is 2.29. The Labute approximate surface area is 251 Å². The van der Waals surface area contributed by atoms with E-state index in [1.807, 2.05) is 0 Å². The second kappa shape index (κ2) is 12.4. The molecule has 232 valence electrons. The molecule has 2 aromatic heterocycles. The number of nitrogens with two attached hydrogens (primary N) is 1. The molecule has 12 nitrogen and oxygen atoms in total. The fraction of sp³-hybridized carbons (Fsp3) is 0.241. The Bertz CT molecular complexity index is 1960. The van der Waals surface area contributed by atoms with Crippen molar-refractivity contribution in [3.05, 3.63) is 92.3 Å². The van der Waals surface area contributed by atoms with E-state index in [0.29, 0.717) is 11.1 Å². The molecule has 0 aliphatic carbocycles. The number of nitrogens with zero attached hydrogens (tertiary/aromatic N) is 2. The molecule has 0 fully saturated rings. The average molecular weight is 629 g/mol. The molecule has 0 bridgehead atoms. The first-order chi connectivity index (χ1) is 20.6. The molecule has 6 N–H and O–H groups in total. The first-order valence-corrected chi connectivity index (χ1v) is 14.7. The summed E-state index contributed by atoms with van der Waals surface area (Å²) in [5.41, 5.74) is 5.05. The first-order valence-electron chi connectivity index (χ1n) is 13.2. The van der Waals surface area contributed by atoms with E-state index in [2.05, 4.69) is 20.3 Å². The van der Waals surface area contributed by atoms with Gasteiger partial charge in [-0.05, 0) is 50.1 Å². The van der Waals surface area contributed by atoms with Crippen LogP contribution in [0, 0.1) is 32.4 Å². The third kappa shape index (κ3) is 6.53. The van der Waals surface area contributed by atoms with Crippen molar-refractivity contribution < 1.29 is 31.9 Å². The van der Waals surface area contributed by atoms with Gasteiger partial charge in [0.15, 0.2) is 5.82 Å². The third-order valence-electron chi connectivity index (χ3n) is 6.85. The summed E-state index contributed by atoms with van der Waals surface area (Å²) in [7, 11) is -2.98. The molecule has 0 saturated carbocycles. The predicted molar refractivity (Wildman–Crippen MR) is 160 cm³/mol. The topological polar surface area (TPSA) is 186 Å². The number of sulfonamides is 1. The normalized spacial score (nSPS) is 12.2. The molecular weight excluding hydrogens is 598 g/mol. The monoisotopic (exact) mass is 628 g/mol. The molecule has 0 spiro atoms. The molecule has 1 amide bonds. The summed E-state index contributed by atoms with van der Waals surface area (Å²) < 4.78 is 59.9. The summed E-state index contributed by atoms with van der Waals surface area (Å²) in [6.07, 6.45) is 1.02. The van der Waals surface area contributed by atoms with Crippen LogP contribution in [-0.4, -0.2) is 47.5 Å². The van der Waals surface area contributed by atoms with Crippen LogP contribution in [0.25, 0.3) is 10.9 Å². The van der Waals surface area contributed by atoms with Crippen molar-refractivity contribution in [3.8, 4) is 0 Å². The minimum atomic E-state index is -4.32. The van der Waals surface area contributed by atoms with Crippen LogP contribution in [0.15, 0.2) is 52.3 Å². The van der Waals surface area contributed by atoms with Gasteiger partial charge in [0.25, 0.3) is 5.91 Å². The van der Waals surface area contributed by atoms with Crippen molar-refractivity contribution in [2.75, 3.05) is 17.6 Å². The number of hydrogen-bond donors (Lipinski definition) is 5. The van der Waals surface area contributed by atoms with Crippen LogP contribution in [0.3, 0.4) is 0 Å². The molecule has 0 saturated heterocycles. The van der Waals surface area contributed by atoms with Crippen molar-refractivity contribution in [1.82, 2.24) is 19.6 Å². The molecule has 2 heterocycles. The molecule has 0 aliphatic heterocycles. The number of carboxylic acids is 1. The summed E-state index contributed by atoms with van der Waals surface area (Å²) >= 11 is 0. The van der Waals surface area contributed by atoms with E-state index < -0.39 is 62.5 Å². The molecule has 1 atom stereocenters. The second-order valence-corrected chi connectivity index (χ2v) is 11.9. The van der Waals surface area contributed by atoms with E-state index in [-0.39, 0.29) is 34.2 Å². The Hall–Kier alpha value is -4.89. The van der Waals surface area contributed by atoms with Crippen LogP contribution in [0.2, 0.25) is 0 Å². The number of carbonyl (C=O) groups is 2. The Morgan fingerprint density at radius 2 is 1.77 bits per heavy atom. The number of carbonyl (C=O) groups excluding carboxylic acids is 1. The van der Waals surface area contributed by atoms with Crippen molar-refractivity contribution in [1.29, 1.82) is 0 Å². The lowest BCUT2D eigenvalue weighted by molar-refractivity contribution is -0.138. The number of anilines is 2. The van der Waals surface area contributed by atoms with E-state index in [1.54, 1.807) is 51.1 Å². The van der Waals surface area contributed by atoms with Gasteiger partial charge in [0, 0.05) is 31.9 Å². The average Bonchev–Trinajstić information content (AvgIpc) is 2.91. The zero-order valence-electron chi connectivity index (χ0n) is 24.2. The van der Waals surface area contributed by atoms with E-state index in [4.69, 9.17) is 5.73 Å². The van der Waals surface area contributed by atoms with E-state index >= 15 is 8.78 Å². The third-order valence-corrected chi connectivity index (χ3v) is 8.63. The smallest absolute Gasteiger partial charge is 0.323 e. The number of aromatic nitrogens is 2. The van der Waals surface area contributed by atoms with Gasteiger partial charge in [-0.15, -0.1) is 0 Å². The fourth-order valence-corrected chi connectivity index (χ4v) is 6.63. The van der Waals surface area contributed by atoms with Crippen molar-refractivity contribution in [2.45, 2.75) is 38.3 Å². The zero-order chi connectivity index (χ0) is 32.5. The zero-order valence-corrected chi connectivity index (χ0v) is 25.0. The van der Waals surface area contributed by atoms with Crippen LogP contribution >= 0.6 is 0 Å². The van der Waals surface area contributed by atoms with Crippen LogP contribution in [0.4, 0.5) is 20.4 Å². The highest BCUT2D eigenvalue weighted by Crippen LogP contribution is 2.24. The highest BCUT2D eigenvalue weighted by molar-refractivity contribution is 7.89. The van der Waals surface area contributed by atoms with Gasteiger partial charge in [-0.1, -0.05) is 23.8 Å². The maximum absolute atomic E-state index is 15.5. The van der Waals surface area contributed by atoms with Gasteiger partial charge in [0.1, 0.15) is 29.1 Å². The number of aliphatic carboxylic acids is 1. The number of nitrogen functional groups attached to an aromatic ring is 1. The summed E-state index contributed by atoms with van der Waals surface area (Å²) in [6.45, 7) is 3.88. The molecule has 2 aromatic carbocycles. The Morgan fingerprint density at radius 3 is 2.39 bits per heavy atom. The Balaban J connectivity index is 1.58. The van der Waals surface area contributed by atoms with Crippen molar-refractivity contribution >= 4 is 44.4 Å². The van der Waals surface area contributed by atoms with Gasteiger partial charge in [0.05, 0.1) is 15.8 Å². The largest absolute Gasteiger partial charge is 0.480 e. The number of rotatable bonds is 10. The van der Waals surface area contributed by atoms with E-state index in [1.165, 1.54) is 7.05 Å². The lowest BCUT2D eigenvalue weighted by atomic mass is 10.1. The molecule has 4 rings (SSSR count). The number of nitrogens with one attached hydrogen (secondary N) is 3. The Morgan fingerprint density at radius 1 is 1.11 bits per heavy atom. The summed E-state index contributed by atoms with van der Waals surface area (Å²) in [5, 5.41) is 14.2. The number of halogens is 2. The summed E-state index contributed by atoms with van der Waals surface area (Å²) in [6, 6.07) is 6.98. The summed E-state index contributed by atoms with van der Waals surface area (Å²) in [4.78, 5) is 42.0. The lowest BCUT2D eigenvalue weighted by Crippen LogP contribution is -2.49. The lowest BCUT2D eigenvalue weighted by Gasteiger charge is -2.18. The SMILES string of the molecule is Cc1cc(C)c(S(=O)(=O)NC(CNC(=O)c2cn(C)c3c(F)c(CNc4cccc(N)n4)c(F)cc3c2=O)C(=O)O)c(C)c1. The molecule has 0 radical (unpaired) electrons. The Kier molecular flexibility index (Phi) is 9.01. The minimum Gasteiger partial charge on any atom is -0.480 e. The van der Waals surface area contributed by atoms with Gasteiger partial charge >= 0.3 is 5.97 Å². The number of aryl methyl sites for hydroxylation is 4. The standard InChI is InChI=1S/C29H30F2N6O6S/c1-14-8-15(2)27(16(3)9-14)44(42,43)36-21(29(40)41)12-34-28(39)19-13-37(4)25-17(26(19)38)10-20(30)18(24(25)31)11-33-23-7-5-6-22(32)35-23/h5-10,13,21,36H,11-12H2,1-4H3,(H,34,39)(H,40,41)(H3,32,33,35). The maximum atomic E-state index is 15.5. The minimum absolute atomic E-state index is 0.0909. The van der Waals surface area contributed by atoms with Gasteiger partial charge in [-0.3, -0.25) is 14.4 Å². The number of amides is 1. The quantitative estimate of drug-likeness (QED) is 0.176. The fourth-order valence-electron chi connectivity index (χ4n) is 4.99. The maximum Gasteiger partial charge on any atom is 0.323 e. The molecule has 15 heteroatoms. The second-order valence-electron chi connectivity index (χ2n) is 10.3. The van der Waals surface area contributed by atoms with E-state index in [0.717, 1.165) is 22.4 Å². The predicted octanol–water partition coefficient (Wildman–Crippen LogP) is 2.49. The van der Waals surface area contributed by atoms with Gasteiger partial charge in [-0.25, -0.2) is 22.2 Å². The number of benzene rings is 2. The molecule has 4 aromatic rings.